The van der Waals surface area contributed by atoms with Crippen molar-refractivity contribution in [3.8, 4) is 0 Å². The SMILES string of the molecule is CCC1(OC(=O)C(C(F)(F)C(F)(F)C(F)(F)C(F)(F)F)(C(F)(F)C(F)(F)C(F)(F)C(F)(F)F)C(C(=O)OC2(CC)C3CC4CC(C3)CC2C4)(C(F)(F)C(F)(F)C(F)(F)C(F)(F)F)C(F)(F)C(F)(F)C(F)(F)C(F)(F)F)C2CC3CC(C2)CC1C3. The number of halogens is 36. The van der Waals surface area contributed by atoms with Gasteiger partial charge in [-0.1, -0.05) is 13.8 Å². The number of carbonyl (C=O) groups excluding carboxylic acids is 2. The average Bonchev–Trinajstić information content (AvgIpc) is 0.634. The first-order valence-electron chi connectivity index (χ1n) is 24.2. The summed E-state index contributed by atoms with van der Waals surface area (Å²) in [6, 6.07) is 0. The average molecular weight is 1310 g/mol. The molecule has 0 aliphatic heterocycles. The second-order valence-corrected chi connectivity index (χ2v) is 22.4. The predicted molar refractivity (Wildman–Crippen MR) is 201 cm³/mol. The molecular formula is C44H38F36O4. The van der Waals surface area contributed by atoms with Crippen molar-refractivity contribution in [3.05, 3.63) is 0 Å². The summed E-state index contributed by atoms with van der Waals surface area (Å²) < 4.78 is 578. The van der Waals surface area contributed by atoms with E-state index in [2.05, 4.69) is 9.47 Å². The summed E-state index contributed by atoms with van der Waals surface area (Å²) in [5.41, 5.74) is -31.6. The molecule has 0 radical (unpaired) electrons. The number of alkyl halides is 36. The van der Waals surface area contributed by atoms with Crippen LogP contribution in [0.3, 0.4) is 0 Å². The predicted octanol–water partition coefficient (Wildman–Crippen LogP) is 17.1. The Kier molecular flexibility index (Phi) is 15.7. The quantitative estimate of drug-likeness (QED) is 0.0955. The largest absolute Gasteiger partial charge is 0.460 e. The zero-order chi connectivity index (χ0) is 65.7. The topological polar surface area (TPSA) is 52.6 Å². The lowest BCUT2D eigenvalue weighted by molar-refractivity contribution is -0.511. The van der Waals surface area contributed by atoms with Gasteiger partial charge in [-0.15, -0.1) is 0 Å². The van der Waals surface area contributed by atoms with Gasteiger partial charge in [-0.3, -0.25) is 9.59 Å². The number of hydrogen-bond acceptors (Lipinski definition) is 4. The van der Waals surface area contributed by atoms with Crippen LogP contribution in [0.2, 0.25) is 0 Å². The van der Waals surface area contributed by atoms with Gasteiger partial charge in [-0.25, -0.2) is 0 Å². The molecule has 40 heteroatoms. The molecule has 0 aromatic rings. The molecule has 0 aromatic heterocycles. The molecule has 8 saturated carbocycles. The number of ether oxygens (including phenoxy) is 2. The Bertz CT molecular complexity index is 2190. The van der Waals surface area contributed by atoms with Crippen molar-refractivity contribution in [2.24, 2.45) is 58.2 Å². The van der Waals surface area contributed by atoms with Crippen LogP contribution < -0.4 is 0 Å². The van der Waals surface area contributed by atoms with Crippen LogP contribution in [0, 0.1) is 58.2 Å². The summed E-state index contributed by atoms with van der Waals surface area (Å²) in [6.45, 7) is 0.342. The molecule has 0 amide bonds. The van der Waals surface area contributed by atoms with E-state index < -0.39 is 241 Å². The lowest BCUT2D eigenvalue weighted by Gasteiger charge is -2.64. The van der Waals surface area contributed by atoms with E-state index >= 15 is 115 Å². The molecule has 0 unspecified atom stereocenters. The van der Waals surface area contributed by atoms with E-state index in [0.717, 1.165) is 0 Å². The van der Waals surface area contributed by atoms with E-state index in [9.17, 15) is 52.7 Å². The van der Waals surface area contributed by atoms with E-state index in [1.807, 2.05) is 0 Å². The molecule has 8 rings (SSSR count). The summed E-state index contributed by atoms with van der Waals surface area (Å²) in [5, 5.41) is 0. The van der Waals surface area contributed by atoms with Crippen LogP contribution in [0.1, 0.15) is 90.9 Å². The first-order valence-corrected chi connectivity index (χ1v) is 24.2. The molecule has 84 heavy (non-hydrogen) atoms. The van der Waals surface area contributed by atoms with Crippen molar-refractivity contribution >= 4 is 11.9 Å². The van der Waals surface area contributed by atoms with Crippen LogP contribution in [-0.2, 0) is 19.1 Å². The van der Waals surface area contributed by atoms with Crippen molar-refractivity contribution in [2.75, 3.05) is 0 Å². The Hall–Kier alpha value is -3.58. The minimum atomic E-state index is -11.7. The van der Waals surface area contributed by atoms with Gasteiger partial charge in [0.15, 0.2) is 0 Å². The maximum Gasteiger partial charge on any atom is 0.460 e. The molecule has 8 fully saturated rings. The Balaban J connectivity index is 2.13. The van der Waals surface area contributed by atoms with Gasteiger partial charge >= 0.3 is 108 Å². The molecule has 0 aromatic carbocycles. The molecule has 0 saturated heterocycles. The summed E-state index contributed by atoms with van der Waals surface area (Å²) in [7, 11) is 0. The van der Waals surface area contributed by atoms with Gasteiger partial charge < -0.3 is 9.47 Å². The fourth-order valence-corrected chi connectivity index (χ4v) is 14.7. The van der Waals surface area contributed by atoms with E-state index in [4.69, 9.17) is 0 Å². The zero-order valence-corrected chi connectivity index (χ0v) is 41.3. The Morgan fingerprint density at radius 2 is 0.429 bits per heavy atom. The maximum atomic E-state index is 18.1. The summed E-state index contributed by atoms with van der Waals surface area (Å²) in [4.78, 5) is 30.3. The smallest absolute Gasteiger partial charge is 0.458 e. The minimum absolute atomic E-state index is 0.171. The Labute approximate surface area is 445 Å². The highest BCUT2D eigenvalue weighted by molar-refractivity contribution is 5.94. The van der Waals surface area contributed by atoms with Crippen molar-refractivity contribution in [1.82, 2.24) is 0 Å². The fourth-order valence-electron chi connectivity index (χ4n) is 14.7. The lowest BCUT2D eigenvalue weighted by atomic mass is 9.45. The number of rotatable bonds is 19. The van der Waals surface area contributed by atoms with Crippen LogP contribution in [-0.4, -0.2) is 119 Å². The highest BCUT2D eigenvalue weighted by Gasteiger charge is 3.12. The molecule has 0 spiro atoms. The molecule has 8 aliphatic carbocycles. The van der Waals surface area contributed by atoms with Crippen LogP contribution in [0.5, 0.6) is 0 Å². The van der Waals surface area contributed by atoms with Gasteiger partial charge in [0.25, 0.3) is 0 Å². The van der Waals surface area contributed by atoms with Gasteiger partial charge in [-0.2, -0.15) is 158 Å². The number of esters is 2. The first kappa shape index (κ1) is 69.5. The Morgan fingerprint density at radius 1 is 0.274 bits per heavy atom. The Morgan fingerprint density at radius 3 is 0.560 bits per heavy atom. The van der Waals surface area contributed by atoms with E-state index in [1.165, 1.54) is 0 Å². The maximum absolute atomic E-state index is 18.1. The highest BCUT2D eigenvalue weighted by atomic mass is 19.5. The third-order valence-electron chi connectivity index (χ3n) is 18.3. The summed E-state index contributed by atoms with van der Waals surface area (Å²) in [6.07, 6.45) is -50.0. The van der Waals surface area contributed by atoms with Crippen LogP contribution in [0.4, 0.5) is 158 Å². The highest BCUT2D eigenvalue weighted by Crippen LogP contribution is 2.82. The van der Waals surface area contributed by atoms with Gasteiger partial charge in [0.05, 0.1) is 0 Å². The van der Waals surface area contributed by atoms with Crippen molar-refractivity contribution in [1.29, 1.82) is 0 Å². The van der Waals surface area contributed by atoms with E-state index in [-0.39, 0.29) is 26.7 Å². The number of carbonyl (C=O) groups is 2. The van der Waals surface area contributed by atoms with Gasteiger partial charge in [0, 0.05) is 0 Å². The second-order valence-electron chi connectivity index (χ2n) is 22.4. The molecule has 0 atom stereocenters. The molecule has 490 valence electrons. The van der Waals surface area contributed by atoms with Crippen molar-refractivity contribution in [2.45, 2.75) is 198 Å². The molecule has 8 aliphatic rings. The second kappa shape index (κ2) is 19.0. The third kappa shape index (κ3) is 8.06. The standard InChI is InChI=1S/C44H38F36O4/c1-3-25(19-7-15-5-16(9-19)10-20(25)8-15)83-23(81)27(29(45,46)33(53,54)37(61,62)41(69,70)71,30(47,48)34(55,56)38(63,64)42(72,73)74)28(31(49,50)35(57,58)39(65,66)43(75,76)77,32(51,52)36(59,60)40(67,68)44(78,79)80)24(82)84-26(4-2)21-11-17-6-18(13-21)14-22(26)12-17/h15-22H,3-14H2,1-2H3. The fraction of sp³-hybridized carbons (Fsp3) is 0.955. The molecular weight excluding hydrogens is 1280 g/mol. The first-order chi connectivity index (χ1) is 36.9. The molecule has 0 heterocycles. The van der Waals surface area contributed by atoms with Gasteiger partial charge in [0.2, 0.25) is 10.8 Å². The molecule has 0 N–H and O–H groups in total. The summed E-state index contributed by atoms with van der Waals surface area (Å²) in [5.74, 6) is -157. The van der Waals surface area contributed by atoms with Gasteiger partial charge in [-0.05, 0) is 124 Å². The molecule has 8 bridgehead atoms. The minimum Gasteiger partial charge on any atom is -0.458 e. The van der Waals surface area contributed by atoms with Crippen molar-refractivity contribution < 1.29 is 177 Å². The normalized spacial score (nSPS) is 30.3. The van der Waals surface area contributed by atoms with Crippen LogP contribution in [0.25, 0.3) is 0 Å². The van der Waals surface area contributed by atoms with Crippen molar-refractivity contribution in [3.63, 3.8) is 0 Å². The van der Waals surface area contributed by atoms with E-state index in [0.29, 0.717) is 0 Å². The summed E-state index contributed by atoms with van der Waals surface area (Å²) >= 11 is 0. The van der Waals surface area contributed by atoms with Crippen LogP contribution in [0.15, 0.2) is 0 Å². The number of hydrogen-bond donors (Lipinski definition) is 0. The third-order valence-corrected chi connectivity index (χ3v) is 18.3. The monoisotopic (exact) mass is 1310 g/mol. The van der Waals surface area contributed by atoms with Gasteiger partial charge in [0.1, 0.15) is 11.2 Å². The zero-order valence-electron chi connectivity index (χ0n) is 41.3. The molecule has 4 nitrogen and oxygen atoms in total. The van der Waals surface area contributed by atoms with E-state index in [1.54, 1.807) is 0 Å². The van der Waals surface area contributed by atoms with Crippen LogP contribution >= 0.6 is 0 Å². The lowest BCUT2D eigenvalue weighted by Crippen LogP contribution is -2.91.